The van der Waals surface area contributed by atoms with E-state index in [9.17, 15) is 10.1 Å². The highest BCUT2D eigenvalue weighted by Gasteiger charge is 2.16. The molecular formula is C16H20N2O3. The van der Waals surface area contributed by atoms with E-state index in [2.05, 4.69) is 19.2 Å². The van der Waals surface area contributed by atoms with Gasteiger partial charge in [-0.25, -0.2) is 0 Å². The summed E-state index contributed by atoms with van der Waals surface area (Å²) in [4.78, 5) is 10.6. The number of aryl methyl sites for hydroxylation is 2. The molecule has 1 N–H and O–H groups in total. The van der Waals surface area contributed by atoms with Crippen molar-refractivity contribution in [2.24, 2.45) is 0 Å². The van der Waals surface area contributed by atoms with Crippen LogP contribution < -0.4 is 5.32 Å². The lowest BCUT2D eigenvalue weighted by atomic mass is 10.0. The van der Waals surface area contributed by atoms with Gasteiger partial charge in [0.25, 0.3) is 5.69 Å². The maximum atomic E-state index is 10.9. The Hall–Kier alpha value is -2.14. The molecule has 0 aliphatic rings. The van der Waals surface area contributed by atoms with E-state index in [1.807, 2.05) is 25.1 Å². The Balaban J connectivity index is 2.30. The van der Waals surface area contributed by atoms with E-state index < -0.39 is 0 Å². The van der Waals surface area contributed by atoms with Crippen LogP contribution in [0.15, 0.2) is 28.7 Å². The van der Waals surface area contributed by atoms with Crippen molar-refractivity contribution in [1.82, 2.24) is 5.32 Å². The number of hydrogen-bond acceptors (Lipinski definition) is 4. The number of nitro benzene ring substituents is 1. The molecule has 112 valence electrons. The molecule has 5 nitrogen and oxygen atoms in total. The van der Waals surface area contributed by atoms with Gasteiger partial charge in [0.2, 0.25) is 0 Å². The zero-order valence-electron chi connectivity index (χ0n) is 12.8. The summed E-state index contributed by atoms with van der Waals surface area (Å²) in [5, 5.41) is 14.2. The number of nitro groups is 1. The molecule has 21 heavy (non-hydrogen) atoms. The lowest BCUT2D eigenvalue weighted by molar-refractivity contribution is -0.385. The van der Waals surface area contributed by atoms with E-state index in [1.54, 1.807) is 13.0 Å². The fourth-order valence-electron chi connectivity index (χ4n) is 2.19. The van der Waals surface area contributed by atoms with Gasteiger partial charge in [0.1, 0.15) is 11.5 Å². The lowest BCUT2D eigenvalue weighted by Gasteiger charge is -2.07. The first-order valence-corrected chi connectivity index (χ1v) is 6.96. The van der Waals surface area contributed by atoms with Crippen LogP contribution >= 0.6 is 0 Å². The molecule has 0 spiro atoms. The Bertz CT molecular complexity index is 660. The first-order chi connectivity index (χ1) is 9.88. The van der Waals surface area contributed by atoms with Crippen LogP contribution in [-0.4, -0.2) is 11.0 Å². The third-order valence-corrected chi connectivity index (χ3v) is 3.35. The molecule has 1 aromatic heterocycles. The summed E-state index contributed by atoms with van der Waals surface area (Å²) in [6, 6.07) is 7.64. The molecule has 0 amide bonds. The van der Waals surface area contributed by atoms with Gasteiger partial charge in [-0.2, -0.15) is 0 Å². The summed E-state index contributed by atoms with van der Waals surface area (Å²) in [5.41, 5.74) is 2.52. The minimum Gasteiger partial charge on any atom is -0.460 e. The zero-order valence-corrected chi connectivity index (χ0v) is 12.8. The van der Waals surface area contributed by atoms with Crippen LogP contribution in [0.2, 0.25) is 0 Å². The first-order valence-electron chi connectivity index (χ1n) is 6.96. The largest absolute Gasteiger partial charge is 0.460 e. The van der Waals surface area contributed by atoms with Crippen molar-refractivity contribution in [2.75, 3.05) is 0 Å². The van der Waals surface area contributed by atoms with Gasteiger partial charge in [-0.1, -0.05) is 13.8 Å². The van der Waals surface area contributed by atoms with Crippen molar-refractivity contribution >= 4 is 5.69 Å². The number of hydrogen-bond donors (Lipinski definition) is 1. The van der Waals surface area contributed by atoms with Crippen molar-refractivity contribution in [2.45, 2.75) is 40.3 Å². The van der Waals surface area contributed by atoms with Gasteiger partial charge in [-0.15, -0.1) is 0 Å². The molecule has 0 radical (unpaired) electrons. The van der Waals surface area contributed by atoms with Crippen LogP contribution in [0.5, 0.6) is 0 Å². The summed E-state index contributed by atoms with van der Waals surface area (Å²) in [6.07, 6.45) is 0. The normalized spacial score (nSPS) is 11.1. The fraction of sp³-hybridized carbons (Fsp3) is 0.375. The molecule has 0 unspecified atom stereocenters. The van der Waals surface area contributed by atoms with Gasteiger partial charge >= 0.3 is 0 Å². The summed E-state index contributed by atoms with van der Waals surface area (Å²) >= 11 is 0. The molecule has 0 saturated carbocycles. The van der Waals surface area contributed by atoms with Gasteiger partial charge in [0.05, 0.1) is 11.5 Å². The minimum absolute atomic E-state index is 0.143. The third kappa shape index (κ3) is 3.49. The van der Waals surface area contributed by atoms with E-state index in [0.717, 1.165) is 22.6 Å². The van der Waals surface area contributed by atoms with Gasteiger partial charge < -0.3 is 9.73 Å². The van der Waals surface area contributed by atoms with Gasteiger partial charge in [-0.3, -0.25) is 10.1 Å². The second kappa shape index (κ2) is 6.10. The monoisotopic (exact) mass is 288 g/mol. The molecule has 0 aliphatic carbocycles. The van der Waals surface area contributed by atoms with Crippen molar-refractivity contribution in [3.05, 3.63) is 51.3 Å². The Morgan fingerprint density at radius 2 is 1.95 bits per heavy atom. The SMILES string of the molecule is Cc1cc([N+](=O)[O-])c(C)cc1-c1ccc(CNC(C)C)o1. The second-order valence-corrected chi connectivity index (χ2v) is 5.51. The molecule has 0 bridgehead atoms. The fourth-order valence-corrected chi connectivity index (χ4v) is 2.19. The van der Waals surface area contributed by atoms with E-state index in [-0.39, 0.29) is 10.6 Å². The molecule has 0 aliphatic heterocycles. The molecule has 1 aromatic carbocycles. The Labute approximate surface area is 124 Å². The quantitative estimate of drug-likeness (QED) is 0.667. The second-order valence-electron chi connectivity index (χ2n) is 5.51. The average molecular weight is 288 g/mol. The molecule has 0 atom stereocenters. The van der Waals surface area contributed by atoms with Crippen molar-refractivity contribution in [3.8, 4) is 11.3 Å². The van der Waals surface area contributed by atoms with E-state index in [1.165, 1.54) is 0 Å². The lowest BCUT2D eigenvalue weighted by Crippen LogP contribution is -2.21. The van der Waals surface area contributed by atoms with Crippen molar-refractivity contribution in [3.63, 3.8) is 0 Å². The summed E-state index contributed by atoms with van der Waals surface area (Å²) in [5.74, 6) is 1.60. The summed E-state index contributed by atoms with van der Waals surface area (Å²) in [6.45, 7) is 8.42. The molecule has 2 aromatic rings. The van der Waals surface area contributed by atoms with Crippen molar-refractivity contribution < 1.29 is 9.34 Å². The number of nitrogens with zero attached hydrogens (tertiary/aromatic N) is 1. The average Bonchev–Trinajstić information content (AvgIpc) is 2.87. The van der Waals surface area contributed by atoms with Crippen LogP contribution in [0.1, 0.15) is 30.7 Å². The molecule has 0 saturated heterocycles. The topological polar surface area (TPSA) is 68.3 Å². The van der Waals surface area contributed by atoms with Crippen LogP contribution in [0.4, 0.5) is 5.69 Å². The standard InChI is InChI=1S/C16H20N2O3/c1-10(2)17-9-13-5-6-16(21-13)14-7-12(4)15(18(19)20)8-11(14)3/h5-8,10,17H,9H2,1-4H3. The van der Waals surface area contributed by atoms with E-state index in [4.69, 9.17) is 4.42 Å². The molecule has 0 fully saturated rings. The highest BCUT2D eigenvalue weighted by Crippen LogP contribution is 2.31. The van der Waals surface area contributed by atoms with Crippen LogP contribution in [0.3, 0.4) is 0 Å². The zero-order chi connectivity index (χ0) is 15.6. The Kier molecular flexibility index (Phi) is 4.43. The first kappa shape index (κ1) is 15.3. The molecule has 5 heteroatoms. The number of nitrogens with one attached hydrogen (secondary N) is 1. The maximum absolute atomic E-state index is 10.9. The van der Waals surface area contributed by atoms with Crippen LogP contribution in [0, 0.1) is 24.0 Å². The van der Waals surface area contributed by atoms with E-state index >= 15 is 0 Å². The van der Waals surface area contributed by atoms with Gasteiger partial charge in [0.15, 0.2) is 0 Å². The molecule has 2 rings (SSSR count). The molecule has 1 heterocycles. The minimum atomic E-state index is -0.355. The van der Waals surface area contributed by atoms with Crippen LogP contribution in [0.25, 0.3) is 11.3 Å². The highest BCUT2D eigenvalue weighted by molar-refractivity contribution is 5.66. The van der Waals surface area contributed by atoms with Gasteiger partial charge in [0, 0.05) is 23.2 Å². The Morgan fingerprint density at radius 3 is 2.57 bits per heavy atom. The predicted molar refractivity (Wildman–Crippen MR) is 82.2 cm³/mol. The highest BCUT2D eigenvalue weighted by atomic mass is 16.6. The number of rotatable bonds is 5. The summed E-state index contributed by atoms with van der Waals surface area (Å²) in [7, 11) is 0. The van der Waals surface area contributed by atoms with Crippen molar-refractivity contribution in [1.29, 1.82) is 0 Å². The molecular weight excluding hydrogens is 268 g/mol. The Morgan fingerprint density at radius 1 is 1.24 bits per heavy atom. The maximum Gasteiger partial charge on any atom is 0.272 e. The smallest absolute Gasteiger partial charge is 0.272 e. The number of furan rings is 1. The van der Waals surface area contributed by atoms with Crippen LogP contribution in [-0.2, 0) is 6.54 Å². The van der Waals surface area contributed by atoms with Gasteiger partial charge in [-0.05, 0) is 37.6 Å². The third-order valence-electron chi connectivity index (χ3n) is 3.35. The number of benzene rings is 1. The van der Waals surface area contributed by atoms with E-state index in [0.29, 0.717) is 18.2 Å². The summed E-state index contributed by atoms with van der Waals surface area (Å²) < 4.78 is 5.82. The predicted octanol–water partition coefficient (Wildman–Crippen LogP) is 3.97.